The Balaban J connectivity index is 2.15. The van der Waals surface area contributed by atoms with Crippen LogP contribution in [0, 0.1) is 0 Å². The molecule has 0 aliphatic rings. The molecule has 0 spiro atoms. The molecule has 0 atom stereocenters. The molecule has 15 heavy (non-hydrogen) atoms. The van der Waals surface area contributed by atoms with Gasteiger partial charge in [-0.2, -0.15) is 0 Å². The SMILES string of the molecule is O=C(Nc1nncs1)c1cccc(O)c1. The van der Waals surface area contributed by atoms with Crippen molar-refractivity contribution in [2.24, 2.45) is 0 Å². The number of anilines is 1. The summed E-state index contributed by atoms with van der Waals surface area (Å²) in [5, 5.41) is 19.4. The molecule has 0 saturated carbocycles. The summed E-state index contributed by atoms with van der Waals surface area (Å²) in [5.74, 6) is -0.262. The van der Waals surface area contributed by atoms with E-state index in [2.05, 4.69) is 15.5 Å². The van der Waals surface area contributed by atoms with E-state index in [4.69, 9.17) is 0 Å². The number of aromatic hydroxyl groups is 1. The van der Waals surface area contributed by atoms with Crippen LogP contribution in [0.4, 0.5) is 5.13 Å². The lowest BCUT2D eigenvalue weighted by Gasteiger charge is -2.00. The van der Waals surface area contributed by atoms with Crippen molar-refractivity contribution in [1.29, 1.82) is 0 Å². The zero-order valence-corrected chi connectivity index (χ0v) is 8.36. The van der Waals surface area contributed by atoms with Crippen LogP contribution in [0.3, 0.4) is 0 Å². The van der Waals surface area contributed by atoms with Gasteiger partial charge in [-0.05, 0) is 18.2 Å². The van der Waals surface area contributed by atoms with Gasteiger partial charge in [-0.3, -0.25) is 10.1 Å². The molecule has 0 saturated heterocycles. The average Bonchev–Trinajstić information content (AvgIpc) is 2.70. The van der Waals surface area contributed by atoms with Crippen molar-refractivity contribution in [3.63, 3.8) is 0 Å². The quantitative estimate of drug-likeness (QED) is 0.805. The van der Waals surface area contributed by atoms with Crippen molar-refractivity contribution in [2.45, 2.75) is 0 Å². The van der Waals surface area contributed by atoms with Gasteiger partial charge in [0.15, 0.2) is 0 Å². The standard InChI is InChI=1S/C9H7N3O2S/c13-7-3-1-2-6(4-7)8(14)11-9-12-10-5-15-9/h1-5,13H,(H,11,12,14). The van der Waals surface area contributed by atoms with E-state index >= 15 is 0 Å². The Hall–Kier alpha value is -1.95. The smallest absolute Gasteiger partial charge is 0.257 e. The minimum atomic E-state index is -0.317. The highest BCUT2D eigenvalue weighted by molar-refractivity contribution is 7.13. The lowest BCUT2D eigenvalue weighted by molar-refractivity contribution is 0.102. The van der Waals surface area contributed by atoms with Gasteiger partial charge >= 0.3 is 0 Å². The van der Waals surface area contributed by atoms with Crippen LogP contribution in [-0.2, 0) is 0 Å². The fourth-order valence-electron chi connectivity index (χ4n) is 1.04. The maximum absolute atomic E-state index is 11.6. The molecule has 2 aromatic rings. The highest BCUT2D eigenvalue weighted by Gasteiger charge is 2.07. The first-order valence-corrected chi connectivity index (χ1v) is 5.00. The Morgan fingerprint density at radius 2 is 2.33 bits per heavy atom. The van der Waals surface area contributed by atoms with Gasteiger partial charge in [0.1, 0.15) is 11.3 Å². The van der Waals surface area contributed by atoms with E-state index in [1.165, 1.54) is 29.0 Å². The second-order valence-corrected chi connectivity index (χ2v) is 3.58. The summed E-state index contributed by atoms with van der Waals surface area (Å²) in [6, 6.07) is 6.10. The average molecular weight is 221 g/mol. The van der Waals surface area contributed by atoms with Crippen molar-refractivity contribution >= 4 is 22.4 Å². The molecular formula is C9H7N3O2S. The number of hydrogen-bond donors (Lipinski definition) is 2. The Labute approximate surface area is 89.4 Å². The van der Waals surface area contributed by atoms with E-state index in [0.29, 0.717) is 10.7 Å². The Morgan fingerprint density at radius 3 is 3.00 bits per heavy atom. The van der Waals surface area contributed by atoms with Gasteiger partial charge in [-0.1, -0.05) is 17.4 Å². The van der Waals surface area contributed by atoms with Crippen LogP contribution in [0.15, 0.2) is 29.8 Å². The largest absolute Gasteiger partial charge is 0.508 e. The highest BCUT2D eigenvalue weighted by Crippen LogP contribution is 2.14. The van der Waals surface area contributed by atoms with E-state index in [9.17, 15) is 9.90 Å². The molecule has 0 aliphatic heterocycles. The van der Waals surface area contributed by atoms with E-state index < -0.39 is 0 Å². The summed E-state index contributed by atoms with van der Waals surface area (Å²) in [7, 11) is 0. The number of nitrogens with zero attached hydrogens (tertiary/aromatic N) is 2. The minimum absolute atomic E-state index is 0.0555. The fraction of sp³-hybridized carbons (Fsp3) is 0. The Bertz CT molecular complexity index is 470. The molecule has 1 aromatic heterocycles. The number of hydrogen-bond acceptors (Lipinski definition) is 5. The fourth-order valence-corrected chi connectivity index (χ4v) is 1.48. The van der Waals surface area contributed by atoms with Gasteiger partial charge < -0.3 is 5.11 Å². The lowest BCUT2D eigenvalue weighted by atomic mass is 10.2. The molecule has 2 N–H and O–H groups in total. The molecule has 0 fully saturated rings. The van der Waals surface area contributed by atoms with Crippen LogP contribution in [0.2, 0.25) is 0 Å². The van der Waals surface area contributed by atoms with Gasteiger partial charge in [0, 0.05) is 5.56 Å². The summed E-state index contributed by atoms with van der Waals surface area (Å²) in [6.45, 7) is 0. The molecular weight excluding hydrogens is 214 g/mol. The van der Waals surface area contributed by atoms with Gasteiger partial charge in [0.05, 0.1) is 0 Å². The Morgan fingerprint density at radius 1 is 1.47 bits per heavy atom. The molecule has 0 bridgehead atoms. The molecule has 0 unspecified atom stereocenters. The van der Waals surface area contributed by atoms with Crippen LogP contribution < -0.4 is 5.32 Å². The van der Waals surface area contributed by atoms with E-state index in [-0.39, 0.29) is 11.7 Å². The predicted octanol–water partition coefficient (Wildman–Crippen LogP) is 1.50. The van der Waals surface area contributed by atoms with Gasteiger partial charge in [-0.25, -0.2) is 0 Å². The lowest BCUT2D eigenvalue weighted by Crippen LogP contribution is -2.11. The number of aromatic nitrogens is 2. The molecule has 1 amide bonds. The number of phenols is 1. The molecule has 5 nitrogen and oxygen atoms in total. The van der Waals surface area contributed by atoms with Crippen molar-refractivity contribution < 1.29 is 9.90 Å². The van der Waals surface area contributed by atoms with Crippen LogP contribution >= 0.6 is 11.3 Å². The third-order valence-corrected chi connectivity index (χ3v) is 2.30. The number of rotatable bonds is 2. The molecule has 0 radical (unpaired) electrons. The molecule has 0 aliphatic carbocycles. The van der Waals surface area contributed by atoms with Crippen LogP contribution in [0.25, 0.3) is 0 Å². The second-order valence-electron chi connectivity index (χ2n) is 2.75. The van der Waals surface area contributed by atoms with Gasteiger partial charge in [0.25, 0.3) is 5.91 Å². The van der Waals surface area contributed by atoms with Crippen LogP contribution in [-0.4, -0.2) is 21.2 Å². The van der Waals surface area contributed by atoms with E-state index in [0.717, 1.165) is 0 Å². The predicted molar refractivity (Wildman–Crippen MR) is 56.0 cm³/mol. The van der Waals surface area contributed by atoms with Gasteiger partial charge in [-0.15, -0.1) is 10.2 Å². The summed E-state index contributed by atoms with van der Waals surface area (Å²) >= 11 is 1.23. The number of phenolic OH excluding ortho intramolecular Hbond substituents is 1. The van der Waals surface area contributed by atoms with Gasteiger partial charge in [0.2, 0.25) is 5.13 Å². The summed E-state index contributed by atoms with van der Waals surface area (Å²) in [5.41, 5.74) is 1.91. The van der Waals surface area contributed by atoms with Crippen LogP contribution in [0.5, 0.6) is 5.75 Å². The number of nitrogens with one attached hydrogen (secondary N) is 1. The Kier molecular flexibility index (Phi) is 2.59. The molecule has 2 rings (SSSR count). The first-order chi connectivity index (χ1) is 7.25. The molecule has 1 aromatic carbocycles. The first-order valence-electron chi connectivity index (χ1n) is 4.12. The summed E-state index contributed by atoms with van der Waals surface area (Å²) in [4.78, 5) is 11.6. The zero-order valence-electron chi connectivity index (χ0n) is 7.54. The third kappa shape index (κ3) is 2.29. The van der Waals surface area contributed by atoms with Crippen molar-refractivity contribution in [2.75, 3.05) is 5.32 Å². The minimum Gasteiger partial charge on any atom is -0.508 e. The van der Waals surface area contributed by atoms with Crippen LogP contribution in [0.1, 0.15) is 10.4 Å². The monoisotopic (exact) mass is 221 g/mol. The highest BCUT2D eigenvalue weighted by atomic mass is 32.1. The molecule has 1 heterocycles. The molecule has 76 valence electrons. The maximum atomic E-state index is 11.6. The summed E-state index contributed by atoms with van der Waals surface area (Å²) < 4.78 is 0. The zero-order chi connectivity index (χ0) is 10.7. The normalized spacial score (nSPS) is 9.87. The number of benzene rings is 1. The number of amides is 1. The van der Waals surface area contributed by atoms with Crippen molar-refractivity contribution in [3.8, 4) is 5.75 Å². The first kappa shape index (κ1) is 9.60. The molecule has 6 heteroatoms. The third-order valence-electron chi connectivity index (χ3n) is 1.69. The second kappa shape index (κ2) is 4.05. The maximum Gasteiger partial charge on any atom is 0.257 e. The topological polar surface area (TPSA) is 75.1 Å². The number of carbonyl (C=O) groups excluding carboxylic acids is 1. The van der Waals surface area contributed by atoms with E-state index in [1.807, 2.05) is 0 Å². The van der Waals surface area contributed by atoms with Crippen molar-refractivity contribution in [1.82, 2.24) is 10.2 Å². The van der Waals surface area contributed by atoms with Crippen molar-refractivity contribution in [3.05, 3.63) is 35.3 Å². The number of carbonyl (C=O) groups is 1. The van der Waals surface area contributed by atoms with E-state index in [1.54, 1.807) is 12.1 Å². The summed E-state index contributed by atoms with van der Waals surface area (Å²) in [6.07, 6.45) is 0.